The summed E-state index contributed by atoms with van der Waals surface area (Å²) in [6.45, 7) is 0. The predicted octanol–water partition coefficient (Wildman–Crippen LogP) is 3.80. The highest BCUT2D eigenvalue weighted by Gasteiger charge is 2.41. The highest BCUT2D eigenvalue weighted by atomic mass is 19.3. The molecule has 0 amide bonds. The van der Waals surface area contributed by atoms with Crippen LogP contribution >= 0.6 is 0 Å². The molecule has 0 aliphatic rings. The summed E-state index contributed by atoms with van der Waals surface area (Å²) >= 11 is 0. The van der Waals surface area contributed by atoms with Crippen LogP contribution < -0.4 is 0 Å². The van der Waals surface area contributed by atoms with Gasteiger partial charge in [0.05, 0.1) is 0 Å². The fraction of sp³-hybridized carbons (Fsp3) is 0.0714. The van der Waals surface area contributed by atoms with Crippen LogP contribution in [0.4, 0.5) is 13.2 Å². The van der Waals surface area contributed by atoms with Gasteiger partial charge in [-0.1, -0.05) is 30.3 Å². The van der Waals surface area contributed by atoms with Crippen molar-refractivity contribution >= 4 is 5.78 Å². The molecule has 0 aliphatic carbocycles. The average molecular weight is 250 g/mol. The molecule has 0 heterocycles. The fourth-order valence-corrected chi connectivity index (χ4v) is 1.56. The summed E-state index contributed by atoms with van der Waals surface area (Å²) in [5.74, 6) is -5.58. The summed E-state index contributed by atoms with van der Waals surface area (Å²) in [6, 6.07) is 10.9. The Morgan fingerprint density at radius 2 is 1.44 bits per heavy atom. The number of hydrogen-bond donors (Lipinski definition) is 0. The number of carbonyl (C=O) groups excluding carboxylic acids is 1. The van der Waals surface area contributed by atoms with E-state index in [0.717, 1.165) is 24.3 Å². The molecule has 2 rings (SSSR count). The van der Waals surface area contributed by atoms with Crippen molar-refractivity contribution in [2.24, 2.45) is 0 Å². The molecule has 0 aliphatic heterocycles. The number of carbonyl (C=O) groups is 1. The lowest BCUT2D eigenvalue weighted by atomic mass is 9.99. The predicted molar refractivity (Wildman–Crippen MR) is 61.1 cm³/mol. The summed E-state index contributed by atoms with van der Waals surface area (Å²) in [6.07, 6.45) is 0. The first-order valence-electron chi connectivity index (χ1n) is 5.25. The van der Waals surface area contributed by atoms with Crippen LogP contribution in [-0.2, 0) is 5.92 Å². The Morgan fingerprint density at radius 3 is 2.00 bits per heavy atom. The number of hydrogen-bond acceptors (Lipinski definition) is 1. The summed E-state index contributed by atoms with van der Waals surface area (Å²) in [5.41, 5.74) is -0.593. The van der Waals surface area contributed by atoms with Crippen molar-refractivity contribution in [2.45, 2.75) is 5.92 Å². The molecule has 2 aromatic rings. The van der Waals surface area contributed by atoms with Gasteiger partial charge in [0.25, 0.3) is 0 Å². The van der Waals surface area contributed by atoms with Crippen LogP contribution in [-0.4, -0.2) is 5.78 Å². The van der Waals surface area contributed by atoms with Crippen molar-refractivity contribution in [3.05, 3.63) is 71.5 Å². The summed E-state index contributed by atoms with van der Waals surface area (Å²) in [7, 11) is 0. The van der Waals surface area contributed by atoms with Crippen molar-refractivity contribution in [3.63, 3.8) is 0 Å². The van der Waals surface area contributed by atoms with E-state index in [-0.39, 0.29) is 5.56 Å². The molecule has 0 fully saturated rings. The van der Waals surface area contributed by atoms with Crippen LogP contribution in [0.1, 0.15) is 15.9 Å². The van der Waals surface area contributed by atoms with Gasteiger partial charge >= 0.3 is 5.92 Å². The normalized spacial score (nSPS) is 11.3. The van der Waals surface area contributed by atoms with Gasteiger partial charge in [0.15, 0.2) is 0 Å². The van der Waals surface area contributed by atoms with Gasteiger partial charge in [-0.05, 0) is 24.3 Å². The Morgan fingerprint density at radius 1 is 0.889 bits per heavy atom. The quantitative estimate of drug-likeness (QED) is 0.757. The molecular weight excluding hydrogens is 241 g/mol. The molecule has 0 radical (unpaired) electrons. The molecule has 0 spiro atoms. The molecule has 4 heteroatoms. The summed E-state index contributed by atoms with van der Waals surface area (Å²) in [4.78, 5) is 11.7. The Kier molecular flexibility index (Phi) is 3.19. The number of halogens is 3. The molecular formula is C14H9F3O. The molecule has 0 aromatic heterocycles. The van der Waals surface area contributed by atoms with Crippen LogP contribution in [0.15, 0.2) is 54.6 Å². The Hall–Kier alpha value is -2.10. The van der Waals surface area contributed by atoms with E-state index >= 15 is 0 Å². The molecule has 1 nitrogen and oxygen atoms in total. The van der Waals surface area contributed by atoms with Crippen molar-refractivity contribution in [3.8, 4) is 0 Å². The summed E-state index contributed by atoms with van der Waals surface area (Å²) in [5, 5.41) is 0. The minimum Gasteiger partial charge on any atom is -0.287 e. The largest absolute Gasteiger partial charge is 0.334 e. The van der Waals surface area contributed by atoms with E-state index in [0.29, 0.717) is 0 Å². The van der Waals surface area contributed by atoms with E-state index < -0.39 is 23.1 Å². The van der Waals surface area contributed by atoms with Gasteiger partial charge in [-0.3, -0.25) is 4.79 Å². The van der Waals surface area contributed by atoms with E-state index in [9.17, 15) is 18.0 Å². The van der Waals surface area contributed by atoms with Crippen molar-refractivity contribution in [1.82, 2.24) is 0 Å². The van der Waals surface area contributed by atoms with Gasteiger partial charge in [0, 0.05) is 11.1 Å². The van der Waals surface area contributed by atoms with Gasteiger partial charge in [0.1, 0.15) is 5.82 Å². The lowest BCUT2D eigenvalue weighted by Gasteiger charge is -2.15. The van der Waals surface area contributed by atoms with Gasteiger partial charge < -0.3 is 0 Å². The zero-order valence-electron chi connectivity index (χ0n) is 9.24. The van der Waals surface area contributed by atoms with E-state index in [4.69, 9.17) is 0 Å². The third-order valence-corrected chi connectivity index (χ3v) is 2.53. The molecule has 92 valence electrons. The number of Topliss-reactive ketones (excluding diaryl/α,β-unsaturated/α-hetero) is 1. The lowest BCUT2D eigenvalue weighted by molar-refractivity contribution is 0.00739. The van der Waals surface area contributed by atoms with Gasteiger partial charge in [-0.15, -0.1) is 0 Å². The maximum absolute atomic E-state index is 13.9. The highest BCUT2D eigenvalue weighted by Crippen LogP contribution is 2.31. The molecule has 18 heavy (non-hydrogen) atoms. The third-order valence-electron chi connectivity index (χ3n) is 2.53. The first-order valence-corrected chi connectivity index (χ1v) is 5.25. The molecule has 0 bridgehead atoms. The van der Waals surface area contributed by atoms with Gasteiger partial charge in [0.2, 0.25) is 5.78 Å². The van der Waals surface area contributed by atoms with E-state index in [2.05, 4.69) is 0 Å². The minimum atomic E-state index is -3.66. The number of alkyl halides is 2. The second kappa shape index (κ2) is 4.64. The molecule has 0 unspecified atom stereocenters. The first kappa shape index (κ1) is 12.4. The van der Waals surface area contributed by atoms with Crippen molar-refractivity contribution in [1.29, 1.82) is 0 Å². The van der Waals surface area contributed by atoms with E-state index in [1.165, 1.54) is 24.3 Å². The smallest absolute Gasteiger partial charge is 0.287 e. The van der Waals surface area contributed by atoms with Crippen LogP contribution in [0.25, 0.3) is 0 Å². The lowest BCUT2D eigenvalue weighted by Crippen LogP contribution is -2.26. The molecule has 2 aromatic carbocycles. The second-order valence-electron chi connectivity index (χ2n) is 3.78. The summed E-state index contributed by atoms with van der Waals surface area (Å²) < 4.78 is 40.5. The molecule has 0 N–H and O–H groups in total. The Labute approximate surface area is 102 Å². The molecule has 0 saturated carbocycles. The number of ketones is 1. The van der Waals surface area contributed by atoms with Crippen LogP contribution in [0.3, 0.4) is 0 Å². The van der Waals surface area contributed by atoms with E-state index in [1.807, 2.05) is 0 Å². The minimum absolute atomic E-state index is 0.0770. The topological polar surface area (TPSA) is 17.1 Å². The SMILES string of the molecule is O=C(c1ccccc1)C(F)(F)c1ccc(F)cc1. The Bertz CT molecular complexity index is 547. The number of benzene rings is 2. The molecule has 0 atom stereocenters. The van der Waals surface area contributed by atoms with Crippen LogP contribution in [0.5, 0.6) is 0 Å². The third kappa shape index (κ3) is 2.27. The van der Waals surface area contributed by atoms with Crippen molar-refractivity contribution < 1.29 is 18.0 Å². The maximum atomic E-state index is 13.9. The monoisotopic (exact) mass is 250 g/mol. The maximum Gasteiger partial charge on any atom is 0.334 e. The standard InChI is InChI=1S/C14H9F3O/c15-12-8-6-11(7-9-12)14(16,17)13(18)10-4-2-1-3-5-10/h1-9H. The van der Waals surface area contributed by atoms with Crippen molar-refractivity contribution in [2.75, 3.05) is 0 Å². The highest BCUT2D eigenvalue weighted by molar-refractivity contribution is 6.01. The zero-order chi connectivity index (χ0) is 13.2. The number of rotatable bonds is 3. The van der Waals surface area contributed by atoms with Crippen LogP contribution in [0, 0.1) is 5.82 Å². The van der Waals surface area contributed by atoms with Gasteiger partial charge in [-0.2, -0.15) is 8.78 Å². The van der Waals surface area contributed by atoms with Crippen LogP contribution in [0.2, 0.25) is 0 Å². The fourth-order valence-electron chi connectivity index (χ4n) is 1.56. The second-order valence-corrected chi connectivity index (χ2v) is 3.78. The average Bonchev–Trinajstić information content (AvgIpc) is 2.39. The zero-order valence-corrected chi connectivity index (χ0v) is 9.24. The Balaban J connectivity index is 2.37. The first-order chi connectivity index (χ1) is 8.51. The molecule has 0 saturated heterocycles. The van der Waals surface area contributed by atoms with E-state index in [1.54, 1.807) is 6.07 Å². The van der Waals surface area contributed by atoms with Gasteiger partial charge in [-0.25, -0.2) is 4.39 Å².